The Labute approximate surface area is 217 Å². The second-order valence-corrected chi connectivity index (χ2v) is 8.79. The van der Waals surface area contributed by atoms with E-state index in [1.54, 1.807) is 26.4 Å². The Balaban J connectivity index is 1.55. The number of nitrogens with one attached hydrogen (secondary N) is 1. The molecule has 0 radical (unpaired) electrons. The van der Waals surface area contributed by atoms with E-state index < -0.39 is 0 Å². The highest BCUT2D eigenvalue weighted by atomic mass is 16.5. The molecule has 8 nitrogen and oxygen atoms in total. The summed E-state index contributed by atoms with van der Waals surface area (Å²) in [5.74, 6) is 1.71. The molecule has 1 aliphatic heterocycles. The van der Waals surface area contributed by atoms with Crippen molar-refractivity contribution in [2.24, 2.45) is 4.99 Å². The molecule has 0 bridgehead atoms. The van der Waals surface area contributed by atoms with E-state index in [1.807, 2.05) is 71.8 Å². The number of amides is 1. The van der Waals surface area contributed by atoms with E-state index >= 15 is 0 Å². The molecule has 3 aromatic rings. The average molecular weight is 499 g/mol. The molecular formula is C29H30N4O4. The number of ether oxygens (including phenoxy) is 3. The summed E-state index contributed by atoms with van der Waals surface area (Å²) >= 11 is 0. The lowest BCUT2D eigenvalue weighted by Crippen LogP contribution is -2.51. The van der Waals surface area contributed by atoms with Crippen LogP contribution in [-0.2, 0) is 5.41 Å². The Hall–Kier alpha value is -4.51. The van der Waals surface area contributed by atoms with Crippen molar-refractivity contribution >= 4 is 11.9 Å². The molecule has 1 heterocycles. The minimum atomic E-state index is -0.354. The number of hydrogen-bond donors (Lipinski definition) is 1. The predicted octanol–water partition coefficient (Wildman–Crippen LogP) is 4.38. The van der Waals surface area contributed by atoms with Crippen molar-refractivity contribution in [2.75, 3.05) is 33.9 Å². The smallest absolute Gasteiger partial charge is 0.308 e. The molecule has 190 valence electrons. The predicted molar refractivity (Wildman–Crippen MR) is 141 cm³/mol. The van der Waals surface area contributed by atoms with Gasteiger partial charge in [0.05, 0.1) is 19.8 Å². The normalized spacial score (nSPS) is 14.8. The van der Waals surface area contributed by atoms with Crippen molar-refractivity contribution in [2.45, 2.75) is 18.3 Å². The highest BCUT2D eigenvalue weighted by molar-refractivity contribution is 5.97. The summed E-state index contributed by atoms with van der Waals surface area (Å²) in [6, 6.07) is 24.7. The van der Waals surface area contributed by atoms with Crippen LogP contribution in [-0.4, -0.2) is 50.7 Å². The van der Waals surface area contributed by atoms with Crippen LogP contribution < -0.4 is 19.5 Å². The Kier molecular flexibility index (Phi) is 8.26. The number of likely N-dealkylation sites (tertiary alicyclic amines) is 1. The molecule has 37 heavy (non-hydrogen) atoms. The van der Waals surface area contributed by atoms with Gasteiger partial charge in [0.15, 0.2) is 0 Å². The first-order valence-corrected chi connectivity index (χ1v) is 12.1. The van der Waals surface area contributed by atoms with Gasteiger partial charge in [-0.2, -0.15) is 5.26 Å². The molecule has 0 atom stereocenters. The third-order valence-corrected chi connectivity index (χ3v) is 6.71. The topological polar surface area (TPSA) is 96.2 Å². The van der Waals surface area contributed by atoms with Crippen LogP contribution >= 0.6 is 0 Å². The third kappa shape index (κ3) is 6.01. The maximum atomic E-state index is 13.1. The number of carbonyl (C=O) groups excluding carboxylic acids is 1. The number of rotatable bonds is 7. The molecule has 0 spiro atoms. The van der Waals surface area contributed by atoms with Crippen LogP contribution in [0.5, 0.6) is 17.2 Å². The van der Waals surface area contributed by atoms with Gasteiger partial charge < -0.3 is 24.4 Å². The number of hydrogen-bond acceptors (Lipinski definition) is 6. The maximum absolute atomic E-state index is 13.1. The van der Waals surface area contributed by atoms with E-state index in [1.165, 1.54) is 0 Å². The lowest BCUT2D eigenvalue weighted by Gasteiger charge is -2.42. The molecule has 1 fully saturated rings. The monoisotopic (exact) mass is 498 g/mol. The summed E-state index contributed by atoms with van der Waals surface area (Å²) in [6.07, 6.45) is 3.26. The van der Waals surface area contributed by atoms with Gasteiger partial charge in [-0.25, -0.2) is 0 Å². The maximum Gasteiger partial charge on any atom is 0.308 e. The quantitative estimate of drug-likeness (QED) is 0.295. The lowest BCUT2D eigenvalue weighted by molar-refractivity contribution is 0.0927. The van der Waals surface area contributed by atoms with Gasteiger partial charge in [0.2, 0.25) is 6.19 Å². The van der Waals surface area contributed by atoms with Gasteiger partial charge in [-0.15, -0.1) is 4.99 Å². The van der Waals surface area contributed by atoms with Crippen LogP contribution in [0.15, 0.2) is 83.9 Å². The molecule has 0 saturated carbocycles. The number of piperidine rings is 1. The van der Waals surface area contributed by atoms with Crippen LogP contribution in [0.4, 0.5) is 0 Å². The number of methoxy groups -OCH3 is 2. The summed E-state index contributed by atoms with van der Waals surface area (Å²) in [7, 11) is 3.20. The molecule has 0 aliphatic carbocycles. The van der Waals surface area contributed by atoms with Gasteiger partial charge in [0.1, 0.15) is 17.2 Å². The zero-order valence-electron chi connectivity index (χ0n) is 21.0. The zero-order chi connectivity index (χ0) is 26.1. The fraction of sp³-hybridized carbons (Fsp3) is 0.276. The fourth-order valence-corrected chi connectivity index (χ4v) is 4.62. The number of nitrogens with zero attached hydrogens (tertiary/aromatic N) is 3. The average Bonchev–Trinajstić information content (AvgIpc) is 2.96. The summed E-state index contributed by atoms with van der Waals surface area (Å²) in [4.78, 5) is 19.0. The Morgan fingerprint density at radius 2 is 1.68 bits per heavy atom. The van der Waals surface area contributed by atoms with E-state index in [4.69, 9.17) is 14.2 Å². The van der Waals surface area contributed by atoms with E-state index in [0.717, 1.165) is 11.3 Å². The van der Waals surface area contributed by atoms with Crippen molar-refractivity contribution in [3.63, 3.8) is 0 Å². The highest BCUT2D eigenvalue weighted by Gasteiger charge is 2.38. The van der Waals surface area contributed by atoms with Gasteiger partial charge >= 0.3 is 6.02 Å². The van der Waals surface area contributed by atoms with Crippen LogP contribution in [0, 0.1) is 11.5 Å². The summed E-state index contributed by atoms with van der Waals surface area (Å²) in [5, 5.41) is 12.4. The van der Waals surface area contributed by atoms with Crippen molar-refractivity contribution in [1.29, 1.82) is 5.26 Å². The van der Waals surface area contributed by atoms with Crippen molar-refractivity contribution < 1.29 is 19.0 Å². The number of aliphatic imine (C=N–C) groups is 1. The van der Waals surface area contributed by atoms with Gasteiger partial charge in [-0.05, 0) is 54.8 Å². The number of benzene rings is 3. The second-order valence-electron chi connectivity index (χ2n) is 8.79. The molecule has 3 aromatic carbocycles. The largest absolute Gasteiger partial charge is 0.497 e. The number of amidine groups is 1. The third-order valence-electron chi connectivity index (χ3n) is 6.71. The first-order valence-electron chi connectivity index (χ1n) is 12.1. The molecule has 1 amide bonds. The Morgan fingerprint density at radius 1 is 0.973 bits per heavy atom. The fourth-order valence-electron chi connectivity index (χ4n) is 4.62. The van der Waals surface area contributed by atoms with E-state index in [9.17, 15) is 10.1 Å². The minimum absolute atomic E-state index is 0.193. The van der Waals surface area contributed by atoms with Crippen LogP contribution in [0.2, 0.25) is 0 Å². The van der Waals surface area contributed by atoms with Gasteiger partial charge in [0, 0.05) is 25.0 Å². The molecule has 0 aromatic heterocycles. The molecule has 0 unspecified atom stereocenters. The summed E-state index contributed by atoms with van der Waals surface area (Å²) in [5.41, 5.74) is 1.21. The summed E-state index contributed by atoms with van der Waals surface area (Å²) in [6.45, 7) is 1.61. The van der Waals surface area contributed by atoms with Gasteiger partial charge in [-0.3, -0.25) is 4.79 Å². The van der Waals surface area contributed by atoms with Crippen molar-refractivity contribution in [3.8, 4) is 23.4 Å². The SMILES string of the molecule is COc1cccc(C2(CNC(=O)c3ccccc3OC)CCN(C(=NC#N)Oc3ccccc3)CC2)c1. The molecular weight excluding hydrogens is 468 g/mol. The number of carbonyl (C=O) groups is 1. The van der Waals surface area contributed by atoms with E-state index in [0.29, 0.717) is 49.5 Å². The van der Waals surface area contributed by atoms with Crippen LogP contribution in [0.1, 0.15) is 28.8 Å². The standard InChI is InChI=1S/C29H30N4O4/c1-35-24-12-8-9-22(19-24)29(20-31-27(34)25-13-6-7-14-26(25)36-2)15-17-33(18-16-29)28(32-21-30)37-23-10-4-3-5-11-23/h3-14,19H,15-18,20H2,1-2H3,(H,31,34). The summed E-state index contributed by atoms with van der Waals surface area (Å²) < 4.78 is 16.8. The Morgan fingerprint density at radius 3 is 2.38 bits per heavy atom. The van der Waals surface area contributed by atoms with Crippen LogP contribution in [0.3, 0.4) is 0 Å². The first kappa shape index (κ1) is 25.6. The van der Waals surface area contributed by atoms with Crippen molar-refractivity contribution in [1.82, 2.24) is 10.2 Å². The lowest BCUT2D eigenvalue weighted by atomic mass is 9.72. The number of para-hydroxylation sites is 2. The molecule has 8 heteroatoms. The number of nitriles is 1. The Bertz CT molecular complexity index is 1280. The van der Waals surface area contributed by atoms with E-state index in [2.05, 4.69) is 16.4 Å². The van der Waals surface area contributed by atoms with Crippen molar-refractivity contribution in [3.05, 3.63) is 90.0 Å². The zero-order valence-corrected chi connectivity index (χ0v) is 21.0. The highest BCUT2D eigenvalue weighted by Crippen LogP contribution is 2.37. The van der Waals surface area contributed by atoms with Crippen LogP contribution in [0.25, 0.3) is 0 Å². The van der Waals surface area contributed by atoms with Gasteiger partial charge in [-0.1, -0.05) is 42.5 Å². The molecule has 1 saturated heterocycles. The molecule has 1 N–H and O–H groups in total. The minimum Gasteiger partial charge on any atom is -0.497 e. The second kappa shape index (κ2) is 12.0. The molecule has 4 rings (SSSR count). The first-order chi connectivity index (χ1) is 18.1. The molecule has 1 aliphatic rings. The van der Waals surface area contributed by atoms with Gasteiger partial charge in [0.25, 0.3) is 5.91 Å². The van der Waals surface area contributed by atoms with E-state index in [-0.39, 0.29) is 17.3 Å².